The highest BCUT2D eigenvalue weighted by Gasteiger charge is 2.12. The van der Waals surface area contributed by atoms with Gasteiger partial charge < -0.3 is 21.3 Å². The summed E-state index contributed by atoms with van der Waals surface area (Å²) in [4.78, 5) is 25.0. The first-order valence-corrected chi connectivity index (χ1v) is 6.48. The minimum atomic E-state index is -0.707. The van der Waals surface area contributed by atoms with Gasteiger partial charge in [-0.15, -0.1) is 0 Å². The maximum absolute atomic E-state index is 11.4. The zero-order valence-electron chi connectivity index (χ0n) is 11.0. The second kappa shape index (κ2) is 9.78. The second-order valence-electron chi connectivity index (χ2n) is 3.84. The van der Waals surface area contributed by atoms with Crippen molar-refractivity contribution < 1.29 is 9.59 Å². The minimum Gasteiger partial charge on any atom is -0.392 e. The Morgan fingerprint density at radius 1 is 1.17 bits per heavy atom. The maximum atomic E-state index is 11.4. The van der Waals surface area contributed by atoms with Gasteiger partial charge in [-0.25, -0.2) is 0 Å². The van der Waals surface area contributed by atoms with E-state index in [0.717, 1.165) is 26.1 Å². The van der Waals surface area contributed by atoms with Crippen LogP contribution in [0.4, 0.5) is 0 Å². The molecule has 0 aliphatic heterocycles. The highest BCUT2D eigenvalue weighted by Crippen LogP contribution is 1.88. The molecule has 18 heavy (non-hydrogen) atoms. The number of rotatable bonds is 8. The molecule has 0 spiro atoms. The van der Waals surface area contributed by atoms with Gasteiger partial charge in [-0.1, -0.05) is 26.1 Å². The van der Waals surface area contributed by atoms with E-state index in [0.29, 0.717) is 6.54 Å². The summed E-state index contributed by atoms with van der Waals surface area (Å²) in [6, 6.07) is 0. The van der Waals surface area contributed by atoms with Gasteiger partial charge in [0.2, 0.25) is 0 Å². The van der Waals surface area contributed by atoms with Gasteiger partial charge in [0.1, 0.15) is 0 Å². The number of hydrogen-bond acceptors (Lipinski definition) is 4. The molecule has 2 amide bonds. The highest BCUT2D eigenvalue weighted by atomic mass is 32.1. The van der Waals surface area contributed by atoms with Gasteiger partial charge in [-0.05, 0) is 19.5 Å². The van der Waals surface area contributed by atoms with Crippen LogP contribution in [0.15, 0.2) is 0 Å². The van der Waals surface area contributed by atoms with Crippen molar-refractivity contribution in [2.75, 3.05) is 32.7 Å². The monoisotopic (exact) mass is 274 g/mol. The third kappa shape index (κ3) is 7.97. The number of hydrogen-bond donors (Lipinski definition) is 3. The van der Waals surface area contributed by atoms with E-state index in [-0.39, 0.29) is 11.5 Å². The van der Waals surface area contributed by atoms with Gasteiger partial charge in [0, 0.05) is 13.1 Å². The summed E-state index contributed by atoms with van der Waals surface area (Å²) in [6.07, 6.45) is 1.07. The van der Waals surface area contributed by atoms with Crippen molar-refractivity contribution in [3.63, 3.8) is 0 Å². The summed E-state index contributed by atoms with van der Waals surface area (Å²) in [7, 11) is 0. The van der Waals surface area contributed by atoms with E-state index < -0.39 is 11.8 Å². The predicted molar refractivity (Wildman–Crippen MR) is 75.2 cm³/mol. The first kappa shape index (κ1) is 16.8. The van der Waals surface area contributed by atoms with Crippen LogP contribution in [0.5, 0.6) is 0 Å². The average Bonchev–Trinajstić information content (AvgIpc) is 2.34. The molecule has 4 N–H and O–H groups in total. The van der Waals surface area contributed by atoms with Crippen LogP contribution in [-0.4, -0.2) is 54.4 Å². The molecule has 0 radical (unpaired) electrons. The van der Waals surface area contributed by atoms with E-state index in [1.807, 2.05) is 0 Å². The number of nitrogens with one attached hydrogen (secondary N) is 2. The summed E-state index contributed by atoms with van der Waals surface area (Å²) in [5.41, 5.74) is 5.21. The van der Waals surface area contributed by atoms with Crippen LogP contribution in [0.25, 0.3) is 0 Å². The Labute approximate surface area is 113 Å². The summed E-state index contributed by atoms with van der Waals surface area (Å²) in [5.74, 6) is -1.36. The van der Waals surface area contributed by atoms with Crippen LogP contribution in [0.3, 0.4) is 0 Å². The molecule has 0 saturated heterocycles. The molecule has 0 aromatic rings. The van der Waals surface area contributed by atoms with Crippen LogP contribution in [0.2, 0.25) is 0 Å². The Kier molecular flexibility index (Phi) is 9.13. The fourth-order valence-electron chi connectivity index (χ4n) is 1.40. The van der Waals surface area contributed by atoms with Gasteiger partial charge in [0.15, 0.2) is 0 Å². The Bertz CT molecular complexity index is 297. The molecule has 104 valence electrons. The Morgan fingerprint density at radius 2 is 1.78 bits per heavy atom. The summed E-state index contributed by atoms with van der Waals surface area (Å²) in [5, 5.41) is 4.88. The topological polar surface area (TPSA) is 87.5 Å². The Hall–Kier alpha value is -1.21. The number of carbonyl (C=O) groups is 2. The standard InChI is InChI=1S/C11H22N4O2S/c1-3-6-15(4-2)7-5-13-10(16)11(17)14-8-9(12)18/h3-8H2,1-2H3,(H2,12,18)(H,13,16)(H,14,17). The van der Waals surface area contributed by atoms with E-state index in [9.17, 15) is 9.59 Å². The lowest BCUT2D eigenvalue weighted by Gasteiger charge is -2.19. The van der Waals surface area contributed by atoms with Crippen molar-refractivity contribution in [2.45, 2.75) is 20.3 Å². The molecule has 6 nitrogen and oxygen atoms in total. The first-order valence-electron chi connectivity index (χ1n) is 6.07. The fourth-order valence-corrected chi connectivity index (χ4v) is 1.47. The molecule has 0 saturated carbocycles. The van der Waals surface area contributed by atoms with Crippen LogP contribution in [0.1, 0.15) is 20.3 Å². The molecule has 0 bridgehead atoms. The smallest absolute Gasteiger partial charge is 0.309 e. The third-order valence-corrected chi connectivity index (χ3v) is 2.47. The van der Waals surface area contributed by atoms with Gasteiger partial charge in [-0.3, -0.25) is 9.59 Å². The quantitative estimate of drug-likeness (QED) is 0.400. The van der Waals surface area contributed by atoms with Crippen molar-refractivity contribution in [3.8, 4) is 0 Å². The zero-order valence-corrected chi connectivity index (χ0v) is 11.8. The first-order chi connectivity index (χ1) is 8.51. The van der Waals surface area contributed by atoms with Crippen LogP contribution >= 0.6 is 12.2 Å². The Balaban J connectivity index is 3.81. The van der Waals surface area contributed by atoms with E-state index >= 15 is 0 Å². The molecule has 0 heterocycles. The lowest BCUT2D eigenvalue weighted by Crippen LogP contribution is -2.44. The number of likely N-dealkylation sites (N-methyl/N-ethyl adjacent to an activating group) is 1. The minimum absolute atomic E-state index is 0.0402. The van der Waals surface area contributed by atoms with Crippen molar-refractivity contribution in [1.82, 2.24) is 15.5 Å². The summed E-state index contributed by atoms with van der Waals surface area (Å²) >= 11 is 4.59. The molecule has 0 atom stereocenters. The predicted octanol–water partition coefficient (Wildman–Crippen LogP) is -0.763. The lowest BCUT2D eigenvalue weighted by atomic mass is 10.4. The summed E-state index contributed by atoms with van der Waals surface area (Å²) in [6.45, 7) is 7.30. The van der Waals surface area contributed by atoms with Gasteiger partial charge in [0.25, 0.3) is 0 Å². The van der Waals surface area contributed by atoms with Gasteiger partial charge in [-0.2, -0.15) is 0 Å². The molecule has 0 rings (SSSR count). The van der Waals surface area contributed by atoms with E-state index in [1.165, 1.54) is 0 Å². The molecule has 0 fully saturated rings. The SMILES string of the molecule is CCCN(CC)CCNC(=O)C(=O)NCC(N)=S. The molecule has 7 heteroatoms. The highest BCUT2D eigenvalue weighted by molar-refractivity contribution is 7.80. The number of thiocarbonyl (C=S) groups is 1. The number of carbonyl (C=O) groups excluding carboxylic acids is 2. The van der Waals surface area contributed by atoms with Crippen molar-refractivity contribution in [3.05, 3.63) is 0 Å². The van der Waals surface area contributed by atoms with Crippen molar-refractivity contribution >= 4 is 29.0 Å². The zero-order chi connectivity index (χ0) is 14.0. The normalized spacial score (nSPS) is 10.2. The van der Waals surface area contributed by atoms with Crippen LogP contribution in [0, 0.1) is 0 Å². The van der Waals surface area contributed by atoms with Gasteiger partial charge in [0.05, 0.1) is 11.5 Å². The lowest BCUT2D eigenvalue weighted by molar-refractivity contribution is -0.139. The third-order valence-electron chi connectivity index (χ3n) is 2.33. The fraction of sp³-hybridized carbons (Fsp3) is 0.727. The molecule has 0 aromatic heterocycles. The number of nitrogens with two attached hydrogens (primary N) is 1. The summed E-state index contributed by atoms with van der Waals surface area (Å²) < 4.78 is 0. The van der Waals surface area contributed by atoms with Crippen molar-refractivity contribution in [1.29, 1.82) is 0 Å². The number of amides is 2. The molecule has 0 aromatic carbocycles. The maximum Gasteiger partial charge on any atom is 0.309 e. The largest absolute Gasteiger partial charge is 0.392 e. The van der Waals surface area contributed by atoms with Gasteiger partial charge >= 0.3 is 11.8 Å². The molecule has 0 unspecified atom stereocenters. The average molecular weight is 274 g/mol. The van der Waals surface area contributed by atoms with Crippen molar-refractivity contribution in [2.24, 2.45) is 5.73 Å². The van der Waals surface area contributed by atoms with E-state index in [1.54, 1.807) is 0 Å². The van der Waals surface area contributed by atoms with Crippen LogP contribution in [-0.2, 0) is 9.59 Å². The van der Waals surface area contributed by atoms with Crippen LogP contribution < -0.4 is 16.4 Å². The molecule has 0 aliphatic carbocycles. The number of nitrogens with zero attached hydrogens (tertiary/aromatic N) is 1. The second-order valence-corrected chi connectivity index (χ2v) is 4.36. The van der Waals surface area contributed by atoms with E-state index in [4.69, 9.17) is 5.73 Å². The van der Waals surface area contributed by atoms with E-state index in [2.05, 4.69) is 41.6 Å². The molecular weight excluding hydrogens is 252 g/mol. The molecule has 0 aliphatic rings. The Morgan fingerprint density at radius 3 is 2.28 bits per heavy atom. The molecular formula is C11H22N4O2S.